The molecule has 4 nitrogen and oxygen atoms in total. The largest absolute Gasteiger partial charge is 0.493 e. The average molecular weight is 237 g/mol. The van der Waals surface area contributed by atoms with Crippen molar-refractivity contribution >= 4 is 17.5 Å². The summed E-state index contributed by atoms with van der Waals surface area (Å²) in [6, 6.07) is 1.04. The van der Waals surface area contributed by atoms with Crippen LogP contribution in [0.25, 0.3) is 0 Å². The first-order valence-electron chi connectivity index (χ1n) is 3.79. The molecule has 0 saturated heterocycles. The van der Waals surface area contributed by atoms with Gasteiger partial charge in [-0.3, -0.25) is 4.79 Å². The number of nitrogens with zero attached hydrogens (tertiary/aromatic N) is 1. The number of rotatable bonds is 3. The Morgan fingerprint density at radius 3 is 2.67 bits per heavy atom. The fourth-order valence-electron chi connectivity index (χ4n) is 0.993. The van der Waals surface area contributed by atoms with Crippen LogP contribution in [0, 0.1) is 0 Å². The van der Waals surface area contributed by atoms with E-state index in [2.05, 4.69) is 4.98 Å². The third-order valence-electron chi connectivity index (χ3n) is 1.67. The third kappa shape index (κ3) is 2.33. The molecule has 1 rings (SSSR count). The number of aromatic nitrogens is 1. The highest BCUT2D eigenvalue weighted by Crippen LogP contribution is 2.29. The number of methoxy groups -OCH3 is 1. The fraction of sp³-hybridized carbons (Fsp3) is 0.250. The predicted molar refractivity (Wildman–Crippen MR) is 49.3 cm³/mol. The Morgan fingerprint density at radius 1 is 1.67 bits per heavy atom. The molecule has 0 aliphatic carbocycles. The summed E-state index contributed by atoms with van der Waals surface area (Å²) < 4.78 is 29.6. The van der Waals surface area contributed by atoms with Crippen LogP contribution in [0.3, 0.4) is 0 Å². The highest BCUT2D eigenvalue weighted by atomic mass is 35.5. The highest BCUT2D eigenvalue weighted by molar-refractivity contribution is 6.31. The fourth-order valence-corrected chi connectivity index (χ4v) is 1.22. The van der Waals surface area contributed by atoms with E-state index in [1.165, 1.54) is 7.11 Å². The van der Waals surface area contributed by atoms with E-state index < -0.39 is 23.6 Å². The number of pyridine rings is 1. The molecule has 7 heteroatoms. The molecule has 0 saturated carbocycles. The van der Waals surface area contributed by atoms with Crippen molar-refractivity contribution in [2.75, 3.05) is 7.11 Å². The predicted octanol–water partition coefficient (Wildman–Crippen LogP) is 1.78. The number of ether oxygens (including phenoxy) is 1. The Kier molecular flexibility index (Phi) is 3.41. The second-order valence-corrected chi connectivity index (χ2v) is 2.94. The smallest absolute Gasteiger partial charge is 0.281 e. The van der Waals surface area contributed by atoms with Crippen molar-refractivity contribution in [2.45, 2.75) is 6.43 Å². The maximum Gasteiger partial charge on any atom is 0.281 e. The average Bonchev–Trinajstić information content (AvgIpc) is 2.16. The topological polar surface area (TPSA) is 65.2 Å². The van der Waals surface area contributed by atoms with Gasteiger partial charge in [0.1, 0.15) is 5.69 Å². The van der Waals surface area contributed by atoms with Crippen molar-refractivity contribution in [1.29, 1.82) is 0 Å². The SMILES string of the molecule is COc1cc(C(N)=O)c(C(F)F)nc1Cl. The lowest BCUT2D eigenvalue weighted by Gasteiger charge is -2.08. The van der Waals surface area contributed by atoms with Gasteiger partial charge in [-0.05, 0) is 6.07 Å². The highest BCUT2D eigenvalue weighted by Gasteiger charge is 2.21. The van der Waals surface area contributed by atoms with E-state index in [4.69, 9.17) is 22.1 Å². The van der Waals surface area contributed by atoms with Crippen LogP contribution in [0.15, 0.2) is 6.07 Å². The lowest BCUT2D eigenvalue weighted by atomic mass is 10.2. The lowest BCUT2D eigenvalue weighted by Crippen LogP contribution is -2.15. The zero-order chi connectivity index (χ0) is 11.6. The van der Waals surface area contributed by atoms with Crippen LogP contribution in [0.2, 0.25) is 5.15 Å². The van der Waals surface area contributed by atoms with Gasteiger partial charge in [-0.2, -0.15) is 0 Å². The Bertz CT molecular complexity index is 398. The molecule has 15 heavy (non-hydrogen) atoms. The van der Waals surface area contributed by atoms with Gasteiger partial charge >= 0.3 is 0 Å². The molecule has 82 valence electrons. The van der Waals surface area contributed by atoms with Crippen LogP contribution in [0.5, 0.6) is 5.75 Å². The van der Waals surface area contributed by atoms with Crippen molar-refractivity contribution in [3.05, 3.63) is 22.5 Å². The summed E-state index contributed by atoms with van der Waals surface area (Å²) in [6.07, 6.45) is -2.92. The van der Waals surface area contributed by atoms with Gasteiger partial charge in [0.25, 0.3) is 12.3 Å². The van der Waals surface area contributed by atoms with E-state index >= 15 is 0 Å². The minimum Gasteiger partial charge on any atom is -0.493 e. The first-order valence-corrected chi connectivity index (χ1v) is 4.17. The molecule has 1 aromatic rings. The number of nitrogens with two attached hydrogens (primary N) is 1. The Morgan fingerprint density at radius 2 is 2.27 bits per heavy atom. The minimum absolute atomic E-state index is 0.0230. The van der Waals surface area contributed by atoms with Crippen LogP contribution in [-0.4, -0.2) is 18.0 Å². The van der Waals surface area contributed by atoms with Gasteiger partial charge < -0.3 is 10.5 Å². The molecule has 1 heterocycles. The van der Waals surface area contributed by atoms with E-state index in [1.54, 1.807) is 0 Å². The Labute approximate surface area is 89.0 Å². The molecule has 0 aromatic carbocycles. The molecule has 1 aromatic heterocycles. The molecular formula is C8H7ClF2N2O2. The maximum atomic E-state index is 12.4. The van der Waals surface area contributed by atoms with Gasteiger partial charge in [0.05, 0.1) is 12.7 Å². The van der Waals surface area contributed by atoms with Crippen molar-refractivity contribution in [3.63, 3.8) is 0 Å². The molecule has 0 aliphatic heterocycles. The summed E-state index contributed by atoms with van der Waals surface area (Å²) in [6.45, 7) is 0. The molecule has 0 atom stereocenters. The minimum atomic E-state index is -2.92. The van der Waals surface area contributed by atoms with E-state index in [9.17, 15) is 13.6 Å². The van der Waals surface area contributed by atoms with E-state index in [0.29, 0.717) is 0 Å². The summed E-state index contributed by atoms with van der Waals surface area (Å²) in [5.41, 5.74) is 3.78. The number of halogens is 3. The molecule has 0 bridgehead atoms. The number of hydrogen-bond donors (Lipinski definition) is 1. The molecule has 0 aliphatic rings. The van der Waals surface area contributed by atoms with Crippen molar-refractivity contribution in [3.8, 4) is 5.75 Å². The molecule has 0 fully saturated rings. The number of alkyl halides is 2. The van der Waals surface area contributed by atoms with Crippen LogP contribution >= 0.6 is 11.6 Å². The molecule has 1 amide bonds. The van der Waals surface area contributed by atoms with Gasteiger partial charge in [0.15, 0.2) is 10.9 Å². The number of primary amides is 1. The van der Waals surface area contributed by atoms with Crippen molar-refractivity contribution in [2.24, 2.45) is 5.73 Å². The molecule has 0 spiro atoms. The Balaban J connectivity index is 3.39. The molecule has 2 N–H and O–H groups in total. The van der Waals surface area contributed by atoms with Crippen LogP contribution < -0.4 is 10.5 Å². The van der Waals surface area contributed by atoms with E-state index in [-0.39, 0.29) is 10.9 Å². The van der Waals surface area contributed by atoms with Crippen molar-refractivity contribution < 1.29 is 18.3 Å². The van der Waals surface area contributed by atoms with Crippen LogP contribution in [0.1, 0.15) is 22.5 Å². The Hall–Kier alpha value is -1.43. The normalized spacial score (nSPS) is 10.5. The molecule has 0 radical (unpaired) electrons. The standard InChI is InChI=1S/C8H7ClF2N2O2/c1-15-4-2-3(8(12)14)5(7(10)11)13-6(4)9/h2,7H,1H3,(H2,12,14). The summed E-state index contributed by atoms with van der Waals surface area (Å²) >= 11 is 5.53. The molecule has 0 unspecified atom stereocenters. The maximum absolute atomic E-state index is 12.4. The summed E-state index contributed by atoms with van der Waals surface area (Å²) in [7, 11) is 1.27. The second-order valence-electron chi connectivity index (χ2n) is 2.58. The van der Waals surface area contributed by atoms with Gasteiger partial charge in [-0.15, -0.1) is 0 Å². The number of amides is 1. The first-order chi connectivity index (χ1) is 6.97. The van der Waals surface area contributed by atoms with E-state index in [1.807, 2.05) is 0 Å². The number of hydrogen-bond acceptors (Lipinski definition) is 3. The first kappa shape index (κ1) is 11.6. The van der Waals surface area contributed by atoms with Gasteiger partial charge in [-0.1, -0.05) is 11.6 Å². The second kappa shape index (κ2) is 4.39. The van der Waals surface area contributed by atoms with Crippen LogP contribution in [0.4, 0.5) is 8.78 Å². The van der Waals surface area contributed by atoms with E-state index in [0.717, 1.165) is 6.07 Å². The summed E-state index contributed by atoms with van der Waals surface area (Å²) in [5.74, 6) is -0.984. The zero-order valence-corrected chi connectivity index (χ0v) is 8.39. The number of carbonyl (C=O) groups excluding carboxylic acids is 1. The van der Waals surface area contributed by atoms with Gasteiger partial charge in [0.2, 0.25) is 0 Å². The number of carbonyl (C=O) groups is 1. The summed E-state index contributed by atoms with van der Waals surface area (Å²) in [4.78, 5) is 14.2. The van der Waals surface area contributed by atoms with Gasteiger partial charge in [0, 0.05) is 0 Å². The van der Waals surface area contributed by atoms with Crippen LogP contribution in [-0.2, 0) is 0 Å². The van der Waals surface area contributed by atoms with Gasteiger partial charge in [-0.25, -0.2) is 13.8 Å². The zero-order valence-electron chi connectivity index (χ0n) is 7.63. The third-order valence-corrected chi connectivity index (χ3v) is 1.94. The van der Waals surface area contributed by atoms with Crippen molar-refractivity contribution in [1.82, 2.24) is 4.98 Å². The monoisotopic (exact) mass is 236 g/mol. The molecular weight excluding hydrogens is 230 g/mol. The lowest BCUT2D eigenvalue weighted by molar-refractivity contribution is 0.0982. The summed E-state index contributed by atoms with van der Waals surface area (Å²) in [5, 5.41) is -0.238. The quantitative estimate of drug-likeness (QED) is 0.814.